The van der Waals surface area contributed by atoms with E-state index < -0.39 is 6.10 Å². The van der Waals surface area contributed by atoms with Crippen molar-refractivity contribution >= 4 is 0 Å². The van der Waals surface area contributed by atoms with Crippen molar-refractivity contribution in [2.24, 2.45) is 0 Å². The van der Waals surface area contributed by atoms with Crippen LogP contribution in [0.15, 0.2) is 30.9 Å². The highest BCUT2D eigenvalue weighted by molar-refractivity contribution is 5.39. The van der Waals surface area contributed by atoms with Crippen molar-refractivity contribution in [2.75, 3.05) is 13.7 Å². The van der Waals surface area contributed by atoms with Crippen LogP contribution in [0.4, 0.5) is 0 Å². The molecule has 0 fully saturated rings. The van der Waals surface area contributed by atoms with Crippen LogP contribution in [-0.2, 0) is 0 Å². The molecule has 2 unspecified atom stereocenters. The quantitative estimate of drug-likeness (QED) is 0.730. The van der Waals surface area contributed by atoms with Crippen molar-refractivity contribution in [3.8, 4) is 5.75 Å². The molecule has 100 valence electrons. The zero-order chi connectivity index (χ0) is 13.5. The van der Waals surface area contributed by atoms with E-state index in [0.717, 1.165) is 23.3 Å². The van der Waals surface area contributed by atoms with Crippen LogP contribution in [0, 0.1) is 6.92 Å². The highest BCUT2D eigenvalue weighted by Crippen LogP contribution is 2.29. The van der Waals surface area contributed by atoms with Crippen LogP contribution >= 0.6 is 0 Å². The maximum Gasteiger partial charge on any atom is 0.124 e. The molecule has 1 rings (SSSR count). The van der Waals surface area contributed by atoms with Crippen molar-refractivity contribution in [3.05, 3.63) is 42.0 Å². The number of aliphatic hydroxyl groups excluding tert-OH is 1. The number of nitrogens with one attached hydrogen (secondary N) is 1. The Labute approximate surface area is 109 Å². The van der Waals surface area contributed by atoms with Crippen molar-refractivity contribution < 1.29 is 9.84 Å². The first-order chi connectivity index (χ1) is 8.63. The fourth-order valence-electron chi connectivity index (χ4n) is 2.02. The highest BCUT2D eigenvalue weighted by Gasteiger charge is 2.21. The van der Waals surface area contributed by atoms with Crippen LogP contribution in [0.5, 0.6) is 5.75 Å². The Morgan fingerprint density at radius 1 is 1.50 bits per heavy atom. The molecule has 0 saturated heterocycles. The number of benzene rings is 1. The van der Waals surface area contributed by atoms with Gasteiger partial charge in [-0.15, -0.1) is 6.58 Å². The zero-order valence-electron chi connectivity index (χ0n) is 11.4. The van der Waals surface area contributed by atoms with Crippen molar-refractivity contribution in [1.82, 2.24) is 5.32 Å². The molecule has 2 N–H and O–H groups in total. The van der Waals surface area contributed by atoms with Crippen molar-refractivity contribution in [1.29, 1.82) is 0 Å². The number of hydrogen-bond donors (Lipinski definition) is 2. The van der Waals surface area contributed by atoms with E-state index in [2.05, 4.69) is 11.9 Å². The van der Waals surface area contributed by atoms with Crippen molar-refractivity contribution in [3.63, 3.8) is 0 Å². The van der Waals surface area contributed by atoms with E-state index >= 15 is 0 Å². The predicted molar refractivity (Wildman–Crippen MR) is 75.0 cm³/mol. The molecule has 0 amide bonds. The maximum atomic E-state index is 10.5. The van der Waals surface area contributed by atoms with E-state index in [-0.39, 0.29) is 6.04 Å². The van der Waals surface area contributed by atoms with E-state index in [4.69, 9.17) is 4.74 Å². The van der Waals surface area contributed by atoms with Gasteiger partial charge in [-0.05, 0) is 25.5 Å². The van der Waals surface area contributed by atoms with Crippen LogP contribution in [0.25, 0.3) is 0 Å². The maximum absolute atomic E-state index is 10.5. The van der Waals surface area contributed by atoms with Crippen molar-refractivity contribution in [2.45, 2.75) is 32.4 Å². The molecule has 0 aliphatic rings. The van der Waals surface area contributed by atoms with Gasteiger partial charge in [0.1, 0.15) is 5.75 Å². The number of aryl methyl sites for hydroxylation is 1. The third-order valence-corrected chi connectivity index (χ3v) is 3.05. The molecule has 3 nitrogen and oxygen atoms in total. The lowest BCUT2D eigenvalue weighted by Gasteiger charge is -2.24. The van der Waals surface area contributed by atoms with Gasteiger partial charge in [-0.3, -0.25) is 0 Å². The average molecular weight is 249 g/mol. The van der Waals surface area contributed by atoms with Gasteiger partial charge in [0.25, 0.3) is 0 Å². The second-order valence-electron chi connectivity index (χ2n) is 4.40. The molecule has 0 aliphatic heterocycles. The normalized spacial score (nSPS) is 14.0. The van der Waals surface area contributed by atoms with Crippen LogP contribution in [0.3, 0.4) is 0 Å². The summed E-state index contributed by atoms with van der Waals surface area (Å²) in [4.78, 5) is 0. The lowest BCUT2D eigenvalue weighted by molar-refractivity contribution is 0.125. The summed E-state index contributed by atoms with van der Waals surface area (Å²) in [7, 11) is 1.62. The summed E-state index contributed by atoms with van der Waals surface area (Å²) in [6.45, 7) is 8.42. The molecule has 0 heterocycles. The summed E-state index contributed by atoms with van der Waals surface area (Å²) in [5.41, 5.74) is 1.95. The summed E-state index contributed by atoms with van der Waals surface area (Å²) < 4.78 is 5.31. The third-order valence-electron chi connectivity index (χ3n) is 3.05. The summed E-state index contributed by atoms with van der Waals surface area (Å²) in [5, 5.41) is 13.7. The Kier molecular flexibility index (Phi) is 5.89. The van der Waals surface area contributed by atoms with Gasteiger partial charge < -0.3 is 15.2 Å². The lowest BCUT2D eigenvalue weighted by atomic mass is 9.97. The predicted octanol–water partition coefficient (Wildman–Crippen LogP) is 2.59. The summed E-state index contributed by atoms with van der Waals surface area (Å²) >= 11 is 0. The Hall–Kier alpha value is -1.32. The number of methoxy groups -OCH3 is 1. The second kappa shape index (κ2) is 7.19. The number of hydrogen-bond acceptors (Lipinski definition) is 3. The molecule has 0 aliphatic carbocycles. The van der Waals surface area contributed by atoms with Crippen LogP contribution in [0.2, 0.25) is 0 Å². The van der Waals surface area contributed by atoms with E-state index in [1.54, 1.807) is 13.2 Å². The number of ether oxygens (including phenoxy) is 1. The van der Waals surface area contributed by atoms with E-state index in [9.17, 15) is 5.11 Å². The molecule has 0 spiro atoms. The first kappa shape index (κ1) is 14.7. The molecular formula is C15H23NO2. The Morgan fingerprint density at radius 2 is 2.22 bits per heavy atom. The van der Waals surface area contributed by atoms with Gasteiger partial charge in [0, 0.05) is 18.2 Å². The standard InChI is InChI=1S/C15H23NO2/c1-5-9-16-13(6-2)15(17)12-10-11(3)7-8-14(12)18-4/h5,7-8,10,13,15-17H,1,6,9H2,2-4H3. The van der Waals surface area contributed by atoms with E-state index in [1.165, 1.54) is 0 Å². The SMILES string of the molecule is C=CCNC(CC)C(O)c1cc(C)ccc1OC. The van der Waals surface area contributed by atoms with Crippen LogP contribution in [-0.4, -0.2) is 24.8 Å². The minimum Gasteiger partial charge on any atom is -0.496 e. The topological polar surface area (TPSA) is 41.5 Å². The fraction of sp³-hybridized carbons (Fsp3) is 0.467. The third kappa shape index (κ3) is 3.59. The lowest BCUT2D eigenvalue weighted by Crippen LogP contribution is -2.34. The van der Waals surface area contributed by atoms with Gasteiger partial charge in [-0.1, -0.05) is 24.6 Å². The number of aliphatic hydroxyl groups is 1. The minimum atomic E-state index is -0.579. The molecule has 0 radical (unpaired) electrons. The van der Waals surface area contributed by atoms with Gasteiger partial charge in [0.2, 0.25) is 0 Å². The first-order valence-electron chi connectivity index (χ1n) is 6.30. The highest BCUT2D eigenvalue weighted by atomic mass is 16.5. The second-order valence-corrected chi connectivity index (χ2v) is 4.40. The van der Waals surface area contributed by atoms with Gasteiger partial charge >= 0.3 is 0 Å². The molecule has 18 heavy (non-hydrogen) atoms. The molecule has 1 aromatic rings. The molecule has 0 aromatic heterocycles. The van der Waals surface area contributed by atoms with Gasteiger partial charge in [0.15, 0.2) is 0 Å². The van der Waals surface area contributed by atoms with Gasteiger partial charge in [0.05, 0.1) is 13.2 Å². The molecule has 0 saturated carbocycles. The Morgan fingerprint density at radius 3 is 2.78 bits per heavy atom. The molecule has 0 bridgehead atoms. The zero-order valence-corrected chi connectivity index (χ0v) is 11.4. The van der Waals surface area contributed by atoms with E-state index in [1.807, 2.05) is 32.0 Å². The van der Waals surface area contributed by atoms with Crippen LogP contribution < -0.4 is 10.1 Å². The molecule has 3 heteroatoms. The van der Waals surface area contributed by atoms with Gasteiger partial charge in [-0.25, -0.2) is 0 Å². The Balaban J connectivity index is 2.95. The summed E-state index contributed by atoms with van der Waals surface area (Å²) in [5.74, 6) is 0.729. The number of rotatable bonds is 7. The molecular weight excluding hydrogens is 226 g/mol. The monoisotopic (exact) mass is 249 g/mol. The molecule has 2 atom stereocenters. The van der Waals surface area contributed by atoms with E-state index in [0.29, 0.717) is 6.54 Å². The smallest absolute Gasteiger partial charge is 0.124 e. The minimum absolute atomic E-state index is 0.00120. The van der Waals surface area contributed by atoms with Gasteiger partial charge in [-0.2, -0.15) is 0 Å². The van der Waals surface area contributed by atoms with Crippen LogP contribution in [0.1, 0.15) is 30.6 Å². The Bertz CT molecular complexity index is 390. The molecule has 1 aromatic carbocycles. The summed E-state index contributed by atoms with van der Waals surface area (Å²) in [6, 6.07) is 5.85. The largest absolute Gasteiger partial charge is 0.496 e. The average Bonchev–Trinajstić information content (AvgIpc) is 2.39. The first-order valence-corrected chi connectivity index (χ1v) is 6.30. The summed E-state index contributed by atoms with van der Waals surface area (Å²) in [6.07, 6.45) is 2.05. The fourth-order valence-corrected chi connectivity index (χ4v) is 2.02.